The van der Waals surface area contributed by atoms with Gasteiger partial charge in [0.05, 0.1) is 6.33 Å². The molecule has 0 radical (unpaired) electrons. The van der Waals surface area contributed by atoms with E-state index in [9.17, 15) is 9.59 Å². The Balaban J connectivity index is 1.62. The number of carbonyl (C=O) groups excluding carboxylic acids is 2. The second-order valence-electron chi connectivity index (χ2n) is 6.46. The number of aryl methyl sites for hydroxylation is 1. The highest BCUT2D eigenvalue weighted by molar-refractivity contribution is 6.00. The van der Waals surface area contributed by atoms with Crippen LogP contribution in [0.2, 0.25) is 0 Å². The molecule has 1 heterocycles. The van der Waals surface area contributed by atoms with Crippen LogP contribution in [-0.2, 0) is 16.1 Å². The van der Waals surface area contributed by atoms with Crippen molar-refractivity contribution in [3.63, 3.8) is 0 Å². The molecule has 0 bridgehead atoms. The van der Waals surface area contributed by atoms with Crippen molar-refractivity contribution < 1.29 is 9.59 Å². The van der Waals surface area contributed by atoms with E-state index in [0.29, 0.717) is 37.2 Å². The lowest BCUT2D eigenvalue weighted by molar-refractivity contribution is -0.130. The van der Waals surface area contributed by atoms with Gasteiger partial charge in [0, 0.05) is 36.7 Å². The molecule has 0 atom stereocenters. The average Bonchev–Trinajstić information content (AvgIpc) is 3.27. The van der Waals surface area contributed by atoms with Crippen molar-refractivity contribution >= 4 is 23.2 Å². The van der Waals surface area contributed by atoms with Crippen LogP contribution in [0.25, 0.3) is 0 Å². The third-order valence-corrected chi connectivity index (χ3v) is 4.60. The second-order valence-corrected chi connectivity index (χ2v) is 6.46. The van der Waals surface area contributed by atoms with Crippen molar-refractivity contribution in [2.45, 2.75) is 44.2 Å². The van der Waals surface area contributed by atoms with Gasteiger partial charge in [0.1, 0.15) is 5.54 Å². The number of nitrogens with two attached hydrogens (primary N) is 1. The molecule has 0 spiro atoms. The highest BCUT2D eigenvalue weighted by Gasteiger charge is 2.42. The standard InChI is InChI=1S/C18H23N5O2/c19-14-3-5-15(6-4-14)21-17(25)18(8-1-2-9-18)22-16(24)7-11-23-12-10-20-13-23/h3-6,10,12-13H,1-2,7-9,11,19H2,(H,21,25)(H,22,24). The van der Waals surface area contributed by atoms with Gasteiger partial charge in [0.15, 0.2) is 0 Å². The van der Waals surface area contributed by atoms with E-state index in [1.54, 1.807) is 36.8 Å². The van der Waals surface area contributed by atoms with Gasteiger partial charge in [-0.1, -0.05) is 12.8 Å². The van der Waals surface area contributed by atoms with Crippen molar-refractivity contribution in [1.29, 1.82) is 0 Å². The number of hydrogen-bond donors (Lipinski definition) is 3. The zero-order chi connectivity index (χ0) is 17.7. The number of nitrogens with one attached hydrogen (secondary N) is 2. The van der Waals surface area contributed by atoms with E-state index in [1.165, 1.54) is 0 Å². The highest BCUT2D eigenvalue weighted by Crippen LogP contribution is 2.31. The van der Waals surface area contributed by atoms with Crippen LogP contribution < -0.4 is 16.4 Å². The maximum absolute atomic E-state index is 12.8. The van der Waals surface area contributed by atoms with Crippen LogP contribution in [-0.4, -0.2) is 26.9 Å². The Kier molecular flexibility index (Phi) is 5.02. The Morgan fingerprint density at radius 3 is 2.56 bits per heavy atom. The van der Waals surface area contributed by atoms with Gasteiger partial charge in [-0.2, -0.15) is 0 Å². The molecule has 1 aromatic carbocycles. The Hall–Kier alpha value is -2.83. The van der Waals surface area contributed by atoms with Gasteiger partial charge in [0.25, 0.3) is 0 Å². The van der Waals surface area contributed by atoms with Crippen LogP contribution in [0.5, 0.6) is 0 Å². The molecule has 0 unspecified atom stereocenters. The van der Waals surface area contributed by atoms with Crippen LogP contribution >= 0.6 is 0 Å². The lowest BCUT2D eigenvalue weighted by atomic mass is 9.95. The van der Waals surface area contributed by atoms with Crippen molar-refractivity contribution in [1.82, 2.24) is 14.9 Å². The summed E-state index contributed by atoms with van der Waals surface area (Å²) in [5.74, 6) is -0.284. The van der Waals surface area contributed by atoms with Gasteiger partial charge in [-0.25, -0.2) is 4.98 Å². The van der Waals surface area contributed by atoms with Gasteiger partial charge in [-0.15, -0.1) is 0 Å². The Morgan fingerprint density at radius 2 is 1.92 bits per heavy atom. The molecule has 2 aromatic rings. The van der Waals surface area contributed by atoms with Crippen LogP contribution in [0, 0.1) is 0 Å². The number of anilines is 2. The van der Waals surface area contributed by atoms with Gasteiger partial charge in [0.2, 0.25) is 11.8 Å². The molecule has 1 saturated carbocycles. The van der Waals surface area contributed by atoms with E-state index < -0.39 is 5.54 Å². The monoisotopic (exact) mass is 341 g/mol. The van der Waals surface area contributed by atoms with E-state index in [0.717, 1.165) is 12.8 Å². The Bertz CT molecular complexity index is 718. The molecular formula is C18H23N5O2. The topological polar surface area (TPSA) is 102 Å². The summed E-state index contributed by atoms with van der Waals surface area (Å²) in [4.78, 5) is 29.1. The lowest BCUT2D eigenvalue weighted by Gasteiger charge is -2.29. The average molecular weight is 341 g/mol. The molecule has 3 rings (SSSR count). The molecule has 7 nitrogen and oxygen atoms in total. The quantitative estimate of drug-likeness (QED) is 0.699. The Morgan fingerprint density at radius 1 is 1.20 bits per heavy atom. The first kappa shape index (κ1) is 17.0. The summed E-state index contributed by atoms with van der Waals surface area (Å²) in [5, 5.41) is 5.88. The maximum atomic E-state index is 12.8. The molecule has 1 aliphatic rings. The van der Waals surface area contributed by atoms with E-state index in [-0.39, 0.29) is 11.8 Å². The number of aromatic nitrogens is 2. The first-order valence-corrected chi connectivity index (χ1v) is 8.51. The van der Waals surface area contributed by atoms with Crippen molar-refractivity contribution in [3.05, 3.63) is 43.0 Å². The number of benzene rings is 1. The number of amides is 2. The van der Waals surface area contributed by atoms with Crippen molar-refractivity contribution in [3.8, 4) is 0 Å². The van der Waals surface area contributed by atoms with Crippen molar-refractivity contribution in [2.75, 3.05) is 11.1 Å². The lowest BCUT2D eigenvalue weighted by Crippen LogP contribution is -2.55. The summed E-state index contributed by atoms with van der Waals surface area (Å²) < 4.78 is 1.84. The smallest absolute Gasteiger partial charge is 0.250 e. The predicted octanol–water partition coefficient (Wildman–Crippen LogP) is 1.92. The summed E-state index contributed by atoms with van der Waals surface area (Å²) in [6.45, 7) is 0.543. The number of carbonyl (C=O) groups is 2. The normalized spacial score (nSPS) is 15.7. The number of nitrogens with zero attached hydrogens (tertiary/aromatic N) is 2. The summed E-state index contributed by atoms with van der Waals surface area (Å²) in [7, 11) is 0. The third-order valence-electron chi connectivity index (χ3n) is 4.60. The minimum Gasteiger partial charge on any atom is -0.399 e. The van der Waals surface area contributed by atoms with Gasteiger partial charge < -0.3 is 20.9 Å². The molecule has 132 valence electrons. The SMILES string of the molecule is Nc1ccc(NC(=O)C2(NC(=O)CCn3ccnc3)CCCC2)cc1. The van der Waals surface area contributed by atoms with E-state index in [4.69, 9.17) is 5.73 Å². The third kappa shape index (κ3) is 4.17. The minimum absolute atomic E-state index is 0.122. The fourth-order valence-corrected chi connectivity index (χ4v) is 3.18. The fraction of sp³-hybridized carbons (Fsp3) is 0.389. The van der Waals surface area contributed by atoms with Crippen molar-refractivity contribution in [2.24, 2.45) is 0 Å². The van der Waals surface area contributed by atoms with E-state index >= 15 is 0 Å². The van der Waals surface area contributed by atoms with Crippen LogP contribution in [0.15, 0.2) is 43.0 Å². The van der Waals surface area contributed by atoms with Crippen LogP contribution in [0.4, 0.5) is 11.4 Å². The molecule has 25 heavy (non-hydrogen) atoms. The number of rotatable bonds is 6. The molecule has 0 saturated heterocycles. The largest absolute Gasteiger partial charge is 0.399 e. The zero-order valence-electron chi connectivity index (χ0n) is 14.1. The molecule has 2 amide bonds. The molecule has 7 heteroatoms. The summed E-state index contributed by atoms with van der Waals surface area (Å²) >= 11 is 0. The molecule has 0 aliphatic heterocycles. The Labute approximate surface area is 146 Å². The zero-order valence-corrected chi connectivity index (χ0v) is 14.1. The molecule has 1 fully saturated rings. The van der Waals surface area contributed by atoms with Gasteiger partial charge in [-0.05, 0) is 37.1 Å². The summed E-state index contributed by atoms with van der Waals surface area (Å²) in [6, 6.07) is 6.99. The number of hydrogen-bond acceptors (Lipinski definition) is 4. The summed E-state index contributed by atoms with van der Waals surface area (Å²) in [5.41, 5.74) is 6.16. The van der Waals surface area contributed by atoms with E-state index in [2.05, 4.69) is 15.6 Å². The maximum Gasteiger partial charge on any atom is 0.250 e. The first-order valence-electron chi connectivity index (χ1n) is 8.51. The van der Waals surface area contributed by atoms with Gasteiger partial charge >= 0.3 is 0 Å². The molecular weight excluding hydrogens is 318 g/mol. The second kappa shape index (κ2) is 7.38. The minimum atomic E-state index is -0.826. The van der Waals surface area contributed by atoms with E-state index in [1.807, 2.05) is 10.8 Å². The van der Waals surface area contributed by atoms with Crippen LogP contribution in [0.3, 0.4) is 0 Å². The molecule has 1 aliphatic carbocycles. The van der Waals surface area contributed by atoms with Crippen LogP contribution in [0.1, 0.15) is 32.1 Å². The van der Waals surface area contributed by atoms with Gasteiger partial charge in [-0.3, -0.25) is 9.59 Å². The summed E-state index contributed by atoms with van der Waals surface area (Å²) in [6.07, 6.45) is 8.64. The highest BCUT2D eigenvalue weighted by atomic mass is 16.2. The predicted molar refractivity (Wildman–Crippen MR) is 95.7 cm³/mol. The molecule has 1 aromatic heterocycles. The fourth-order valence-electron chi connectivity index (χ4n) is 3.18. The number of nitrogen functional groups attached to an aromatic ring is 1. The first-order chi connectivity index (χ1) is 12.1. The molecule has 4 N–H and O–H groups in total. The number of imidazole rings is 1.